The molecule has 0 aliphatic heterocycles. The van der Waals surface area contributed by atoms with E-state index in [1.54, 1.807) is 6.20 Å². The van der Waals surface area contributed by atoms with E-state index >= 15 is 0 Å². The summed E-state index contributed by atoms with van der Waals surface area (Å²) in [5, 5.41) is 9.54. The van der Waals surface area contributed by atoms with Gasteiger partial charge in [0.05, 0.1) is 11.9 Å². The summed E-state index contributed by atoms with van der Waals surface area (Å²) < 4.78 is 7.36. The summed E-state index contributed by atoms with van der Waals surface area (Å²) >= 11 is 0. The van der Waals surface area contributed by atoms with Crippen LogP contribution >= 0.6 is 0 Å². The van der Waals surface area contributed by atoms with Gasteiger partial charge >= 0.3 is 5.97 Å². The van der Waals surface area contributed by atoms with Gasteiger partial charge in [0.25, 0.3) is 0 Å². The van der Waals surface area contributed by atoms with Crippen molar-refractivity contribution in [2.75, 3.05) is 0 Å². The summed E-state index contributed by atoms with van der Waals surface area (Å²) in [6.07, 6.45) is 1.45. The van der Waals surface area contributed by atoms with Crippen molar-refractivity contribution in [3.8, 4) is 5.75 Å². The van der Waals surface area contributed by atoms with Crippen molar-refractivity contribution in [1.29, 1.82) is 0 Å². The number of carboxylic acids is 1. The van der Waals surface area contributed by atoms with Crippen LogP contribution in [-0.2, 0) is 11.4 Å². The summed E-state index contributed by atoms with van der Waals surface area (Å²) in [7, 11) is 0. The van der Waals surface area contributed by atoms with E-state index in [0.29, 0.717) is 12.4 Å². The summed E-state index contributed by atoms with van der Waals surface area (Å²) in [4.78, 5) is 22.8. The maximum atomic E-state index is 12.2. The summed E-state index contributed by atoms with van der Waals surface area (Å²) in [6.45, 7) is 0.443. The van der Waals surface area contributed by atoms with Crippen LogP contribution in [0, 0.1) is 0 Å². The van der Waals surface area contributed by atoms with Gasteiger partial charge < -0.3 is 9.84 Å². The molecule has 1 heterocycles. The molecule has 5 heteroatoms. The van der Waals surface area contributed by atoms with Gasteiger partial charge in [-0.05, 0) is 23.8 Å². The van der Waals surface area contributed by atoms with Crippen molar-refractivity contribution in [3.63, 3.8) is 0 Å². The van der Waals surface area contributed by atoms with Crippen LogP contribution in [0.5, 0.6) is 5.75 Å². The fourth-order valence-corrected chi connectivity index (χ4v) is 2.55. The van der Waals surface area contributed by atoms with E-state index in [1.165, 1.54) is 4.57 Å². The number of hydrogen-bond donors (Lipinski definition) is 1. The molecule has 0 radical (unpaired) electrons. The van der Waals surface area contributed by atoms with Crippen LogP contribution in [0.25, 0.3) is 10.9 Å². The van der Waals surface area contributed by atoms with E-state index in [2.05, 4.69) is 0 Å². The Labute approximate surface area is 139 Å². The highest BCUT2D eigenvalue weighted by molar-refractivity contribution is 5.96. The molecule has 0 aliphatic carbocycles. The standard InChI is InChI=1S/C19H17NO4/c21-18(9-10-19(22)23)20-12-11-15-16(20)7-4-8-17(15)24-13-14-5-2-1-3-6-14/h1-8,11-12H,9-10,13H2,(H,22,23). The molecule has 0 aliphatic rings. The Hall–Kier alpha value is -3.08. The van der Waals surface area contributed by atoms with Crippen LogP contribution in [-0.4, -0.2) is 21.6 Å². The van der Waals surface area contributed by atoms with Gasteiger partial charge in [0, 0.05) is 18.0 Å². The number of aliphatic carboxylic acids is 1. The zero-order valence-corrected chi connectivity index (χ0v) is 13.0. The lowest BCUT2D eigenvalue weighted by Crippen LogP contribution is -2.11. The molecule has 1 aromatic heterocycles. The Morgan fingerprint density at radius 2 is 1.75 bits per heavy atom. The molecule has 3 rings (SSSR count). The van der Waals surface area contributed by atoms with Crippen LogP contribution < -0.4 is 4.74 Å². The van der Waals surface area contributed by atoms with Gasteiger partial charge in [-0.2, -0.15) is 0 Å². The second kappa shape index (κ2) is 7.00. The Morgan fingerprint density at radius 1 is 0.958 bits per heavy atom. The van der Waals surface area contributed by atoms with E-state index in [1.807, 2.05) is 54.6 Å². The molecule has 0 bridgehead atoms. The highest BCUT2D eigenvalue weighted by Crippen LogP contribution is 2.27. The fraction of sp³-hybridized carbons (Fsp3) is 0.158. The van der Waals surface area contributed by atoms with Crippen molar-refractivity contribution in [1.82, 2.24) is 4.57 Å². The Bertz CT molecular complexity index is 867. The molecule has 24 heavy (non-hydrogen) atoms. The SMILES string of the molecule is O=C(O)CCC(=O)n1ccc2c(OCc3ccccc3)cccc21. The third-order valence-corrected chi connectivity index (χ3v) is 3.75. The number of benzene rings is 2. The quantitative estimate of drug-likeness (QED) is 0.750. The smallest absolute Gasteiger partial charge is 0.303 e. The van der Waals surface area contributed by atoms with Crippen molar-refractivity contribution < 1.29 is 19.4 Å². The first-order chi connectivity index (χ1) is 11.6. The molecule has 1 N–H and O–H groups in total. The lowest BCUT2D eigenvalue weighted by Gasteiger charge is -2.08. The molecule has 3 aromatic rings. The topological polar surface area (TPSA) is 68.5 Å². The van der Waals surface area contributed by atoms with E-state index < -0.39 is 5.97 Å². The maximum Gasteiger partial charge on any atom is 0.303 e. The molecule has 122 valence electrons. The Balaban J connectivity index is 1.81. The van der Waals surface area contributed by atoms with Gasteiger partial charge in [0.15, 0.2) is 0 Å². The number of ether oxygens (including phenoxy) is 1. The predicted octanol–water partition coefficient (Wildman–Crippen LogP) is 3.73. The van der Waals surface area contributed by atoms with E-state index in [0.717, 1.165) is 16.5 Å². The lowest BCUT2D eigenvalue weighted by molar-refractivity contribution is -0.136. The van der Waals surface area contributed by atoms with E-state index in [9.17, 15) is 9.59 Å². The number of fused-ring (bicyclic) bond motifs is 1. The molecule has 0 unspecified atom stereocenters. The van der Waals surface area contributed by atoms with Crippen molar-refractivity contribution in [3.05, 3.63) is 66.4 Å². The van der Waals surface area contributed by atoms with Crippen molar-refractivity contribution >= 4 is 22.8 Å². The van der Waals surface area contributed by atoms with Gasteiger partial charge in [0.1, 0.15) is 12.4 Å². The van der Waals surface area contributed by atoms with E-state index in [4.69, 9.17) is 9.84 Å². The van der Waals surface area contributed by atoms with Gasteiger partial charge in [-0.1, -0.05) is 36.4 Å². The molecule has 2 aromatic carbocycles. The van der Waals surface area contributed by atoms with Crippen LogP contribution in [0.15, 0.2) is 60.8 Å². The summed E-state index contributed by atoms with van der Waals surface area (Å²) in [5.74, 6) is -0.527. The van der Waals surface area contributed by atoms with Crippen LogP contribution in [0.1, 0.15) is 23.2 Å². The predicted molar refractivity (Wildman–Crippen MR) is 90.2 cm³/mol. The minimum atomic E-state index is -0.980. The first-order valence-corrected chi connectivity index (χ1v) is 7.67. The van der Waals surface area contributed by atoms with E-state index in [-0.39, 0.29) is 18.7 Å². The molecule has 0 fully saturated rings. The monoisotopic (exact) mass is 323 g/mol. The molecule has 0 atom stereocenters. The van der Waals surface area contributed by atoms with Crippen LogP contribution in [0.2, 0.25) is 0 Å². The zero-order valence-electron chi connectivity index (χ0n) is 13.0. The first kappa shape index (κ1) is 15.8. The third-order valence-electron chi connectivity index (χ3n) is 3.75. The fourth-order valence-electron chi connectivity index (χ4n) is 2.55. The first-order valence-electron chi connectivity index (χ1n) is 7.67. The van der Waals surface area contributed by atoms with Gasteiger partial charge in [-0.3, -0.25) is 14.2 Å². The number of carbonyl (C=O) groups is 2. The Morgan fingerprint density at radius 3 is 2.50 bits per heavy atom. The van der Waals surface area contributed by atoms with Gasteiger partial charge in [-0.15, -0.1) is 0 Å². The molecule has 0 saturated heterocycles. The summed E-state index contributed by atoms with van der Waals surface area (Å²) in [6, 6.07) is 17.2. The minimum Gasteiger partial charge on any atom is -0.488 e. The molecular weight excluding hydrogens is 306 g/mol. The third kappa shape index (κ3) is 3.46. The van der Waals surface area contributed by atoms with Crippen molar-refractivity contribution in [2.24, 2.45) is 0 Å². The molecule has 0 amide bonds. The lowest BCUT2D eigenvalue weighted by atomic mass is 10.2. The average Bonchev–Trinajstić information content (AvgIpc) is 3.03. The molecule has 0 saturated carbocycles. The minimum absolute atomic E-state index is 0.0335. The largest absolute Gasteiger partial charge is 0.488 e. The van der Waals surface area contributed by atoms with Crippen molar-refractivity contribution in [2.45, 2.75) is 19.4 Å². The maximum absolute atomic E-state index is 12.2. The normalized spacial score (nSPS) is 10.7. The zero-order chi connectivity index (χ0) is 16.9. The number of rotatable bonds is 6. The van der Waals surface area contributed by atoms with Crippen LogP contribution in [0.3, 0.4) is 0 Å². The summed E-state index contributed by atoms with van der Waals surface area (Å²) in [5.41, 5.74) is 1.78. The average molecular weight is 323 g/mol. The number of carboxylic acid groups (broad SMARTS) is 1. The second-order valence-corrected chi connectivity index (χ2v) is 5.44. The number of aromatic nitrogens is 1. The highest BCUT2D eigenvalue weighted by atomic mass is 16.5. The molecule has 0 spiro atoms. The second-order valence-electron chi connectivity index (χ2n) is 5.44. The Kier molecular flexibility index (Phi) is 4.61. The number of nitrogens with zero attached hydrogens (tertiary/aromatic N) is 1. The van der Waals surface area contributed by atoms with Gasteiger partial charge in [0.2, 0.25) is 5.91 Å². The molecule has 5 nitrogen and oxygen atoms in total. The number of carbonyl (C=O) groups excluding carboxylic acids is 1. The van der Waals surface area contributed by atoms with Gasteiger partial charge in [-0.25, -0.2) is 0 Å². The highest BCUT2D eigenvalue weighted by Gasteiger charge is 2.13. The molecular formula is C19H17NO4. The van der Waals surface area contributed by atoms with Crippen LogP contribution in [0.4, 0.5) is 0 Å². The number of hydrogen-bond acceptors (Lipinski definition) is 3.